The molecule has 1 fully saturated rings. The van der Waals surface area contributed by atoms with Crippen LogP contribution >= 0.6 is 0 Å². The Morgan fingerprint density at radius 1 is 1.12 bits per heavy atom. The van der Waals surface area contributed by atoms with Gasteiger partial charge in [-0.2, -0.15) is 0 Å². The van der Waals surface area contributed by atoms with E-state index in [-0.39, 0.29) is 0 Å². The Hall–Kier alpha value is -0.820. The monoisotopic (exact) mass is 217 g/mol. The fourth-order valence-electron chi connectivity index (χ4n) is 2.44. The van der Waals surface area contributed by atoms with Crippen molar-refractivity contribution in [1.82, 2.24) is 4.90 Å². The molecule has 1 nitrogen and oxygen atoms in total. The molecular weight excluding hydrogens is 194 g/mol. The molecule has 1 aromatic carbocycles. The lowest BCUT2D eigenvalue weighted by molar-refractivity contribution is 0.324. The summed E-state index contributed by atoms with van der Waals surface area (Å²) in [5, 5.41) is 0. The van der Waals surface area contributed by atoms with Gasteiger partial charge in [-0.05, 0) is 57.3 Å². The van der Waals surface area contributed by atoms with Gasteiger partial charge in [0, 0.05) is 0 Å². The average Bonchev–Trinajstić information content (AvgIpc) is 2.80. The van der Waals surface area contributed by atoms with E-state index in [0.29, 0.717) is 5.92 Å². The third-order valence-corrected chi connectivity index (χ3v) is 3.72. The van der Waals surface area contributed by atoms with Gasteiger partial charge in [0.05, 0.1) is 0 Å². The maximum Gasteiger partial charge on any atom is -0.00130 e. The lowest BCUT2D eigenvalue weighted by atomic mass is 9.97. The molecule has 0 bridgehead atoms. The van der Waals surface area contributed by atoms with Crippen LogP contribution in [0.5, 0.6) is 0 Å². The second kappa shape index (κ2) is 5.49. The highest BCUT2D eigenvalue weighted by molar-refractivity contribution is 5.23. The maximum absolute atomic E-state index is 2.60. The van der Waals surface area contributed by atoms with E-state index in [2.05, 4.69) is 43.0 Å². The van der Waals surface area contributed by atoms with Crippen molar-refractivity contribution in [2.24, 2.45) is 0 Å². The van der Waals surface area contributed by atoms with Crippen LogP contribution in [0.2, 0.25) is 0 Å². The van der Waals surface area contributed by atoms with Crippen molar-refractivity contribution in [3.63, 3.8) is 0 Å². The van der Waals surface area contributed by atoms with Crippen molar-refractivity contribution in [3.8, 4) is 0 Å². The highest BCUT2D eigenvalue weighted by Crippen LogP contribution is 2.20. The molecule has 0 radical (unpaired) electrons. The Bertz CT molecular complexity index is 309. The zero-order valence-corrected chi connectivity index (χ0v) is 10.6. The second-order valence-electron chi connectivity index (χ2n) is 5.15. The Balaban J connectivity index is 1.82. The first kappa shape index (κ1) is 11.7. The van der Waals surface area contributed by atoms with Crippen LogP contribution in [0.15, 0.2) is 24.3 Å². The van der Waals surface area contributed by atoms with Crippen molar-refractivity contribution in [1.29, 1.82) is 0 Å². The first-order valence-corrected chi connectivity index (χ1v) is 6.54. The zero-order valence-electron chi connectivity index (χ0n) is 10.6. The Morgan fingerprint density at radius 2 is 1.75 bits per heavy atom. The van der Waals surface area contributed by atoms with Gasteiger partial charge in [0.1, 0.15) is 0 Å². The van der Waals surface area contributed by atoms with E-state index in [1.54, 1.807) is 0 Å². The highest BCUT2D eigenvalue weighted by Gasteiger charge is 2.13. The minimum atomic E-state index is 0.696. The molecule has 1 heterocycles. The molecule has 0 aliphatic carbocycles. The van der Waals surface area contributed by atoms with E-state index in [4.69, 9.17) is 0 Å². The van der Waals surface area contributed by atoms with Crippen molar-refractivity contribution >= 4 is 0 Å². The summed E-state index contributed by atoms with van der Waals surface area (Å²) < 4.78 is 0. The van der Waals surface area contributed by atoms with Gasteiger partial charge in [0.2, 0.25) is 0 Å². The summed E-state index contributed by atoms with van der Waals surface area (Å²) in [7, 11) is 0. The van der Waals surface area contributed by atoms with Crippen LogP contribution in [-0.2, 0) is 0 Å². The number of benzene rings is 1. The largest absolute Gasteiger partial charge is 0.303 e. The van der Waals surface area contributed by atoms with Gasteiger partial charge in [-0.25, -0.2) is 0 Å². The van der Waals surface area contributed by atoms with E-state index < -0.39 is 0 Å². The number of rotatable bonds is 4. The molecule has 0 amide bonds. The van der Waals surface area contributed by atoms with Crippen LogP contribution in [-0.4, -0.2) is 24.5 Å². The average molecular weight is 217 g/mol. The quantitative estimate of drug-likeness (QED) is 0.745. The molecule has 0 spiro atoms. The van der Waals surface area contributed by atoms with Crippen LogP contribution < -0.4 is 0 Å². The third-order valence-electron chi connectivity index (χ3n) is 3.72. The zero-order chi connectivity index (χ0) is 11.4. The van der Waals surface area contributed by atoms with Gasteiger partial charge in [-0.3, -0.25) is 0 Å². The smallest absolute Gasteiger partial charge is 0.00130 e. The molecule has 1 aromatic rings. The van der Waals surface area contributed by atoms with E-state index in [0.717, 1.165) is 0 Å². The SMILES string of the molecule is Cc1ccc(C(C)CCN2CCCC2)cc1. The Morgan fingerprint density at radius 3 is 2.38 bits per heavy atom. The predicted molar refractivity (Wildman–Crippen MR) is 69.9 cm³/mol. The number of aryl methyl sites for hydroxylation is 1. The number of likely N-dealkylation sites (tertiary alicyclic amines) is 1. The molecule has 1 aliphatic heterocycles. The van der Waals surface area contributed by atoms with Gasteiger partial charge in [0.15, 0.2) is 0 Å². The molecule has 1 heteroatoms. The lowest BCUT2D eigenvalue weighted by Gasteiger charge is -2.18. The first-order valence-electron chi connectivity index (χ1n) is 6.54. The second-order valence-corrected chi connectivity index (χ2v) is 5.15. The van der Waals surface area contributed by atoms with E-state index >= 15 is 0 Å². The van der Waals surface area contributed by atoms with E-state index in [9.17, 15) is 0 Å². The van der Waals surface area contributed by atoms with Crippen LogP contribution in [0.3, 0.4) is 0 Å². The minimum Gasteiger partial charge on any atom is -0.303 e. The lowest BCUT2D eigenvalue weighted by Crippen LogP contribution is -2.21. The van der Waals surface area contributed by atoms with Crippen molar-refractivity contribution < 1.29 is 0 Å². The summed E-state index contributed by atoms with van der Waals surface area (Å²) in [5.41, 5.74) is 2.85. The fraction of sp³-hybridized carbons (Fsp3) is 0.600. The van der Waals surface area contributed by atoms with Crippen LogP contribution in [0.25, 0.3) is 0 Å². The van der Waals surface area contributed by atoms with Gasteiger partial charge in [-0.1, -0.05) is 36.8 Å². The van der Waals surface area contributed by atoms with Gasteiger partial charge in [0.25, 0.3) is 0 Å². The summed E-state index contributed by atoms with van der Waals surface area (Å²) in [6.45, 7) is 8.41. The maximum atomic E-state index is 2.60. The minimum absolute atomic E-state index is 0.696. The molecule has 88 valence electrons. The molecular formula is C15H23N. The van der Waals surface area contributed by atoms with E-state index in [1.807, 2.05) is 0 Å². The fourth-order valence-corrected chi connectivity index (χ4v) is 2.44. The molecule has 0 saturated carbocycles. The van der Waals surface area contributed by atoms with Gasteiger partial charge >= 0.3 is 0 Å². The summed E-state index contributed by atoms with van der Waals surface area (Å²) in [5.74, 6) is 0.696. The summed E-state index contributed by atoms with van der Waals surface area (Å²) in [4.78, 5) is 2.60. The molecule has 1 atom stereocenters. The van der Waals surface area contributed by atoms with Gasteiger partial charge in [-0.15, -0.1) is 0 Å². The summed E-state index contributed by atoms with van der Waals surface area (Å²) in [6, 6.07) is 9.01. The molecule has 0 N–H and O–H groups in total. The third kappa shape index (κ3) is 3.08. The first-order chi connectivity index (χ1) is 7.75. The molecule has 16 heavy (non-hydrogen) atoms. The normalized spacial score (nSPS) is 18.9. The molecule has 2 rings (SSSR count). The van der Waals surface area contributed by atoms with Crippen molar-refractivity contribution in [3.05, 3.63) is 35.4 Å². The van der Waals surface area contributed by atoms with Crippen LogP contribution in [0.4, 0.5) is 0 Å². The number of nitrogens with zero attached hydrogens (tertiary/aromatic N) is 1. The molecule has 1 aliphatic rings. The number of hydrogen-bond acceptors (Lipinski definition) is 1. The molecule has 1 saturated heterocycles. The molecule has 0 aromatic heterocycles. The summed E-state index contributed by atoms with van der Waals surface area (Å²) in [6.07, 6.45) is 4.10. The predicted octanol–water partition coefficient (Wildman–Crippen LogP) is 3.58. The highest BCUT2D eigenvalue weighted by atomic mass is 15.1. The van der Waals surface area contributed by atoms with E-state index in [1.165, 1.54) is 50.0 Å². The van der Waals surface area contributed by atoms with Crippen molar-refractivity contribution in [2.75, 3.05) is 19.6 Å². The molecule has 1 unspecified atom stereocenters. The Kier molecular flexibility index (Phi) is 4.00. The van der Waals surface area contributed by atoms with Gasteiger partial charge < -0.3 is 4.90 Å². The van der Waals surface area contributed by atoms with Crippen LogP contribution in [0.1, 0.15) is 43.2 Å². The van der Waals surface area contributed by atoms with Crippen molar-refractivity contribution in [2.45, 2.75) is 39.0 Å². The Labute approximate surface area is 99.5 Å². The summed E-state index contributed by atoms with van der Waals surface area (Å²) >= 11 is 0. The topological polar surface area (TPSA) is 3.24 Å². The standard InChI is InChI=1S/C15H23N/c1-13-5-7-15(8-6-13)14(2)9-12-16-10-3-4-11-16/h5-8,14H,3-4,9-12H2,1-2H3. The van der Waals surface area contributed by atoms with Crippen LogP contribution in [0, 0.1) is 6.92 Å². The number of hydrogen-bond donors (Lipinski definition) is 0.